The maximum Gasteiger partial charge on any atom is 0.321 e. The first-order chi connectivity index (χ1) is 12.2. The second kappa shape index (κ2) is 6.72. The van der Waals surface area contributed by atoms with Crippen LogP contribution in [0.5, 0.6) is 0 Å². The molecule has 2 aromatic rings. The standard InChI is InChI=1S/C18H22N4O2S/c1-2-24-14-11-13(18(14)9-6-10-18)19-16(23)21-17-20-15(22-25-17)12-7-4-3-5-8-12/h3-5,7-8,13-14H,2,6,9-11H2,1H3,(H2,19,20,21,22,23)/t13-,14-/m0/s1. The number of hydrogen-bond donors (Lipinski definition) is 2. The molecule has 2 fully saturated rings. The zero-order valence-corrected chi connectivity index (χ0v) is 15.0. The first kappa shape index (κ1) is 16.5. The number of amides is 2. The molecule has 2 saturated carbocycles. The average Bonchev–Trinajstić information content (AvgIpc) is 3.01. The highest BCUT2D eigenvalue weighted by atomic mass is 32.1. The quantitative estimate of drug-likeness (QED) is 0.855. The van der Waals surface area contributed by atoms with Crippen LogP contribution in [0.3, 0.4) is 0 Å². The van der Waals surface area contributed by atoms with E-state index in [4.69, 9.17) is 4.74 Å². The Balaban J connectivity index is 1.35. The van der Waals surface area contributed by atoms with Crippen molar-refractivity contribution < 1.29 is 9.53 Å². The molecule has 0 bridgehead atoms. The van der Waals surface area contributed by atoms with Crippen molar-refractivity contribution in [3.63, 3.8) is 0 Å². The van der Waals surface area contributed by atoms with Crippen LogP contribution in [0.2, 0.25) is 0 Å². The van der Waals surface area contributed by atoms with Crippen molar-refractivity contribution in [1.82, 2.24) is 14.7 Å². The normalized spacial score (nSPS) is 23.6. The molecule has 1 aromatic heterocycles. The second-order valence-corrected chi connectivity index (χ2v) is 7.46. The van der Waals surface area contributed by atoms with Gasteiger partial charge in [0, 0.05) is 35.2 Å². The topological polar surface area (TPSA) is 76.1 Å². The van der Waals surface area contributed by atoms with Crippen molar-refractivity contribution in [2.75, 3.05) is 11.9 Å². The highest BCUT2D eigenvalue weighted by molar-refractivity contribution is 7.10. The summed E-state index contributed by atoms with van der Waals surface area (Å²) in [6.07, 6.45) is 4.69. The predicted molar refractivity (Wildman–Crippen MR) is 97.6 cm³/mol. The number of urea groups is 1. The van der Waals surface area contributed by atoms with Gasteiger partial charge in [-0.25, -0.2) is 4.79 Å². The Morgan fingerprint density at radius 3 is 2.84 bits per heavy atom. The van der Waals surface area contributed by atoms with Crippen LogP contribution >= 0.6 is 11.5 Å². The first-order valence-electron chi connectivity index (χ1n) is 8.79. The summed E-state index contributed by atoms with van der Waals surface area (Å²) in [7, 11) is 0. The molecule has 0 radical (unpaired) electrons. The van der Waals surface area contributed by atoms with Gasteiger partial charge in [0.2, 0.25) is 5.13 Å². The van der Waals surface area contributed by atoms with E-state index in [0.717, 1.165) is 31.4 Å². The SMILES string of the molecule is CCO[C@H]1C[C@H](NC(=O)Nc2nc(-c3ccccc3)ns2)C12CCC2. The Morgan fingerprint density at radius 1 is 1.36 bits per heavy atom. The molecule has 2 atom stereocenters. The van der Waals surface area contributed by atoms with Gasteiger partial charge in [-0.2, -0.15) is 9.36 Å². The number of ether oxygens (including phenoxy) is 1. The van der Waals surface area contributed by atoms with E-state index in [1.165, 1.54) is 18.0 Å². The fourth-order valence-corrected chi connectivity index (χ4v) is 4.50. The minimum absolute atomic E-state index is 0.156. The maximum atomic E-state index is 12.3. The Morgan fingerprint density at radius 2 is 2.16 bits per heavy atom. The molecule has 0 saturated heterocycles. The number of benzene rings is 1. The number of rotatable bonds is 5. The summed E-state index contributed by atoms with van der Waals surface area (Å²) in [5, 5.41) is 6.44. The van der Waals surface area contributed by atoms with Gasteiger partial charge in [-0.15, -0.1) is 0 Å². The molecule has 2 aliphatic rings. The van der Waals surface area contributed by atoms with Gasteiger partial charge in [0.25, 0.3) is 0 Å². The molecule has 6 nitrogen and oxygen atoms in total. The van der Waals surface area contributed by atoms with Crippen molar-refractivity contribution in [2.24, 2.45) is 5.41 Å². The number of nitrogens with one attached hydrogen (secondary N) is 2. The Hall–Kier alpha value is -1.99. The van der Waals surface area contributed by atoms with Crippen molar-refractivity contribution in [1.29, 1.82) is 0 Å². The Labute approximate surface area is 151 Å². The van der Waals surface area contributed by atoms with E-state index in [2.05, 4.69) is 20.0 Å². The Bertz CT molecular complexity index is 745. The van der Waals surface area contributed by atoms with Gasteiger partial charge < -0.3 is 10.1 Å². The summed E-state index contributed by atoms with van der Waals surface area (Å²) < 4.78 is 10.1. The highest BCUT2D eigenvalue weighted by Gasteiger charge is 2.59. The predicted octanol–water partition coefficient (Wildman–Crippen LogP) is 3.67. The lowest BCUT2D eigenvalue weighted by Crippen LogP contribution is -2.68. The van der Waals surface area contributed by atoms with Gasteiger partial charge in [0.05, 0.1) is 6.10 Å². The molecule has 132 valence electrons. The molecule has 0 aliphatic heterocycles. The fourth-order valence-electron chi connectivity index (χ4n) is 3.91. The van der Waals surface area contributed by atoms with E-state index in [9.17, 15) is 4.79 Å². The van der Waals surface area contributed by atoms with E-state index in [0.29, 0.717) is 17.1 Å². The van der Waals surface area contributed by atoms with Crippen LogP contribution in [0.4, 0.5) is 9.93 Å². The van der Waals surface area contributed by atoms with Crippen LogP contribution in [0.1, 0.15) is 32.6 Å². The van der Waals surface area contributed by atoms with Crippen molar-refractivity contribution >= 4 is 22.7 Å². The largest absolute Gasteiger partial charge is 0.378 e. The van der Waals surface area contributed by atoms with E-state index in [1.54, 1.807) is 0 Å². The van der Waals surface area contributed by atoms with Crippen LogP contribution in [0.25, 0.3) is 11.4 Å². The fraction of sp³-hybridized carbons (Fsp3) is 0.500. The van der Waals surface area contributed by atoms with Gasteiger partial charge >= 0.3 is 6.03 Å². The number of anilines is 1. The lowest BCUT2D eigenvalue weighted by Gasteiger charge is -2.60. The summed E-state index contributed by atoms with van der Waals surface area (Å²) in [5.74, 6) is 0.636. The monoisotopic (exact) mass is 358 g/mol. The van der Waals surface area contributed by atoms with Gasteiger partial charge in [0.1, 0.15) is 0 Å². The summed E-state index contributed by atoms with van der Waals surface area (Å²) in [4.78, 5) is 16.7. The molecule has 2 aliphatic carbocycles. The Kier molecular flexibility index (Phi) is 4.43. The third-order valence-electron chi connectivity index (χ3n) is 5.42. The van der Waals surface area contributed by atoms with Crippen LogP contribution in [0.15, 0.2) is 30.3 Å². The lowest BCUT2D eigenvalue weighted by atomic mass is 9.51. The minimum atomic E-state index is -0.206. The van der Waals surface area contributed by atoms with Gasteiger partial charge in [0.15, 0.2) is 5.82 Å². The summed E-state index contributed by atoms with van der Waals surface area (Å²) >= 11 is 1.20. The third kappa shape index (κ3) is 3.02. The molecule has 7 heteroatoms. The molecule has 2 N–H and O–H groups in total. The first-order valence-corrected chi connectivity index (χ1v) is 9.57. The molecular weight excluding hydrogens is 336 g/mol. The zero-order chi connectivity index (χ0) is 17.3. The van der Waals surface area contributed by atoms with Crippen LogP contribution in [-0.2, 0) is 4.74 Å². The minimum Gasteiger partial charge on any atom is -0.378 e. The molecule has 2 amide bonds. The summed E-state index contributed by atoms with van der Waals surface area (Å²) in [6.45, 7) is 2.76. The number of carbonyl (C=O) groups is 1. The zero-order valence-electron chi connectivity index (χ0n) is 14.2. The summed E-state index contributed by atoms with van der Waals surface area (Å²) in [5.41, 5.74) is 1.10. The number of nitrogens with zero attached hydrogens (tertiary/aromatic N) is 2. The van der Waals surface area contributed by atoms with Crippen LogP contribution in [0, 0.1) is 5.41 Å². The van der Waals surface area contributed by atoms with Gasteiger partial charge in [-0.3, -0.25) is 5.32 Å². The molecule has 4 rings (SSSR count). The molecule has 25 heavy (non-hydrogen) atoms. The van der Waals surface area contributed by atoms with E-state index < -0.39 is 0 Å². The maximum absolute atomic E-state index is 12.3. The van der Waals surface area contributed by atoms with Crippen molar-refractivity contribution in [2.45, 2.75) is 44.8 Å². The van der Waals surface area contributed by atoms with E-state index in [1.807, 2.05) is 37.3 Å². The smallest absolute Gasteiger partial charge is 0.321 e. The van der Waals surface area contributed by atoms with Crippen LogP contribution < -0.4 is 10.6 Å². The molecule has 0 unspecified atom stereocenters. The number of hydrogen-bond acceptors (Lipinski definition) is 5. The van der Waals surface area contributed by atoms with Crippen molar-refractivity contribution in [3.8, 4) is 11.4 Å². The molecule has 1 heterocycles. The van der Waals surface area contributed by atoms with Gasteiger partial charge in [-0.05, 0) is 26.2 Å². The van der Waals surface area contributed by atoms with Crippen LogP contribution in [-0.4, -0.2) is 34.1 Å². The van der Waals surface area contributed by atoms with Gasteiger partial charge in [-0.1, -0.05) is 36.8 Å². The lowest BCUT2D eigenvalue weighted by molar-refractivity contribution is -0.169. The van der Waals surface area contributed by atoms with Crippen molar-refractivity contribution in [3.05, 3.63) is 30.3 Å². The second-order valence-electron chi connectivity index (χ2n) is 6.71. The highest BCUT2D eigenvalue weighted by Crippen LogP contribution is 2.57. The van der Waals surface area contributed by atoms with E-state index in [-0.39, 0.29) is 17.5 Å². The number of carbonyl (C=O) groups excluding carboxylic acids is 1. The average molecular weight is 358 g/mol. The summed E-state index contributed by atoms with van der Waals surface area (Å²) in [6, 6.07) is 9.73. The third-order valence-corrected chi connectivity index (χ3v) is 6.05. The number of aromatic nitrogens is 2. The molecular formula is C18H22N4O2S. The molecule has 1 spiro atoms. The molecule has 1 aromatic carbocycles. The van der Waals surface area contributed by atoms with E-state index >= 15 is 0 Å².